The fourth-order valence-electron chi connectivity index (χ4n) is 3.75. The molecule has 2 aliphatic heterocycles. The number of piperidine rings is 1. The minimum absolute atomic E-state index is 0.187. The number of carbonyl (C=O) groups excluding carboxylic acids is 3. The number of pyridine rings is 1. The predicted molar refractivity (Wildman–Crippen MR) is 98.8 cm³/mol. The summed E-state index contributed by atoms with van der Waals surface area (Å²) in [6, 6.07) is 8.64. The van der Waals surface area contributed by atoms with E-state index in [4.69, 9.17) is 0 Å². The molecule has 2 aliphatic rings. The Hall–Kier alpha value is -3.68. The van der Waals surface area contributed by atoms with Gasteiger partial charge in [0.2, 0.25) is 11.8 Å². The van der Waals surface area contributed by atoms with Crippen LogP contribution in [0.2, 0.25) is 0 Å². The maximum atomic E-state index is 12.8. The van der Waals surface area contributed by atoms with Crippen LogP contribution in [0.5, 0.6) is 0 Å². The average molecular weight is 373 g/mol. The van der Waals surface area contributed by atoms with E-state index in [1.807, 2.05) is 24.3 Å². The molecule has 1 atom stereocenters. The Morgan fingerprint density at radius 3 is 2.75 bits per heavy atom. The van der Waals surface area contributed by atoms with E-state index in [-0.39, 0.29) is 18.2 Å². The number of benzene rings is 1. The van der Waals surface area contributed by atoms with Crippen LogP contribution in [0.1, 0.15) is 28.8 Å². The van der Waals surface area contributed by atoms with Crippen LogP contribution in [0.4, 0.5) is 0 Å². The molecule has 1 aromatic carbocycles. The molecule has 28 heavy (non-hydrogen) atoms. The first-order chi connectivity index (χ1) is 13.6. The van der Waals surface area contributed by atoms with Gasteiger partial charge in [-0.05, 0) is 36.2 Å². The van der Waals surface area contributed by atoms with Gasteiger partial charge in [0.25, 0.3) is 5.91 Å². The van der Waals surface area contributed by atoms with Crippen molar-refractivity contribution in [2.75, 3.05) is 0 Å². The summed E-state index contributed by atoms with van der Waals surface area (Å²) in [6.45, 7) is 0.335. The lowest BCUT2D eigenvalue weighted by molar-refractivity contribution is -0.136. The largest absolute Gasteiger partial charge is 0.322 e. The van der Waals surface area contributed by atoms with Gasteiger partial charge in [0, 0.05) is 36.5 Å². The number of rotatable bonds is 2. The lowest BCUT2D eigenvalue weighted by atomic mass is 10.0. The zero-order valence-electron chi connectivity index (χ0n) is 14.8. The van der Waals surface area contributed by atoms with Crippen molar-refractivity contribution in [3.8, 4) is 11.3 Å². The molecule has 4 heterocycles. The predicted octanol–water partition coefficient (Wildman–Crippen LogP) is 1.45. The standard InChI is InChI=1S/C20H15N5O3/c26-17-6-5-16(19(27)24-17)25-10-12-9-11(1-2-13(12)20(25)28)14-3-4-15-18(23-14)22-8-7-21-15/h1-4,7-9,16H,5-6,10H2,(H,24,26,27). The Labute approximate surface area is 159 Å². The number of hydrogen-bond donors (Lipinski definition) is 1. The van der Waals surface area contributed by atoms with Crippen LogP contribution < -0.4 is 5.32 Å². The molecule has 1 unspecified atom stereocenters. The highest BCUT2D eigenvalue weighted by molar-refractivity contribution is 6.05. The summed E-state index contributed by atoms with van der Waals surface area (Å²) in [7, 11) is 0. The Morgan fingerprint density at radius 2 is 1.89 bits per heavy atom. The van der Waals surface area contributed by atoms with Crippen molar-refractivity contribution < 1.29 is 14.4 Å². The third-order valence-corrected chi connectivity index (χ3v) is 5.15. The minimum Gasteiger partial charge on any atom is -0.322 e. The van der Waals surface area contributed by atoms with Crippen LogP contribution >= 0.6 is 0 Å². The smallest absolute Gasteiger partial charge is 0.255 e. The molecule has 0 radical (unpaired) electrons. The fraction of sp³-hybridized carbons (Fsp3) is 0.200. The highest BCUT2D eigenvalue weighted by atomic mass is 16.2. The quantitative estimate of drug-likeness (QED) is 0.682. The van der Waals surface area contributed by atoms with Gasteiger partial charge in [-0.15, -0.1) is 0 Å². The molecule has 1 N–H and O–H groups in total. The van der Waals surface area contributed by atoms with E-state index in [1.54, 1.807) is 18.5 Å². The molecule has 1 saturated heterocycles. The van der Waals surface area contributed by atoms with E-state index in [0.29, 0.717) is 29.7 Å². The SMILES string of the molecule is O=C1CCC(N2Cc3cc(-c4ccc5nccnc5n4)ccc3C2=O)C(=O)N1. The van der Waals surface area contributed by atoms with Crippen LogP contribution in [0.3, 0.4) is 0 Å². The zero-order chi connectivity index (χ0) is 19.3. The first kappa shape index (κ1) is 16.5. The zero-order valence-corrected chi connectivity index (χ0v) is 14.8. The summed E-state index contributed by atoms with van der Waals surface area (Å²) in [5.41, 5.74) is 4.29. The van der Waals surface area contributed by atoms with Gasteiger partial charge in [-0.25, -0.2) is 9.97 Å². The Balaban J connectivity index is 1.47. The molecule has 0 aliphatic carbocycles. The van der Waals surface area contributed by atoms with E-state index >= 15 is 0 Å². The molecule has 0 bridgehead atoms. The second-order valence-corrected chi connectivity index (χ2v) is 6.87. The molecule has 0 saturated carbocycles. The van der Waals surface area contributed by atoms with Crippen molar-refractivity contribution in [1.82, 2.24) is 25.2 Å². The Kier molecular flexibility index (Phi) is 3.65. The molecular weight excluding hydrogens is 358 g/mol. The van der Waals surface area contributed by atoms with E-state index in [1.165, 1.54) is 4.90 Å². The van der Waals surface area contributed by atoms with Gasteiger partial charge in [0.1, 0.15) is 11.6 Å². The number of nitrogens with zero attached hydrogens (tertiary/aromatic N) is 4. The van der Waals surface area contributed by atoms with Crippen LogP contribution in [0, 0.1) is 0 Å². The third kappa shape index (κ3) is 2.61. The Morgan fingerprint density at radius 1 is 1.04 bits per heavy atom. The number of hydrogen-bond acceptors (Lipinski definition) is 6. The molecular formula is C20H15N5O3. The summed E-state index contributed by atoms with van der Waals surface area (Å²) >= 11 is 0. The first-order valence-electron chi connectivity index (χ1n) is 8.96. The average Bonchev–Trinajstić information content (AvgIpc) is 3.03. The molecule has 0 spiro atoms. The second kappa shape index (κ2) is 6.19. The maximum absolute atomic E-state index is 12.8. The minimum atomic E-state index is -0.616. The molecule has 3 amide bonds. The monoisotopic (exact) mass is 373 g/mol. The van der Waals surface area contributed by atoms with Crippen LogP contribution in [-0.4, -0.2) is 43.6 Å². The maximum Gasteiger partial charge on any atom is 0.255 e. The number of imide groups is 1. The van der Waals surface area contributed by atoms with Gasteiger partial charge in [0.15, 0.2) is 5.65 Å². The highest BCUT2D eigenvalue weighted by Crippen LogP contribution is 2.31. The molecule has 138 valence electrons. The van der Waals surface area contributed by atoms with E-state index in [2.05, 4.69) is 20.3 Å². The molecule has 3 aromatic rings. The molecule has 2 aromatic heterocycles. The molecule has 8 nitrogen and oxygen atoms in total. The van der Waals surface area contributed by atoms with Crippen molar-refractivity contribution in [3.05, 3.63) is 53.9 Å². The lowest BCUT2D eigenvalue weighted by Crippen LogP contribution is -2.52. The van der Waals surface area contributed by atoms with E-state index in [0.717, 1.165) is 16.8 Å². The van der Waals surface area contributed by atoms with Crippen LogP contribution in [0.15, 0.2) is 42.7 Å². The number of aromatic nitrogens is 3. The van der Waals surface area contributed by atoms with Gasteiger partial charge >= 0.3 is 0 Å². The highest BCUT2D eigenvalue weighted by Gasteiger charge is 2.39. The van der Waals surface area contributed by atoms with Gasteiger partial charge in [-0.3, -0.25) is 24.7 Å². The number of carbonyl (C=O) groups is 3. The molecule has 8 heteroatoms. The lowest BCUT2D eigenvalue weighted by Gasteiger charge is -2.29. The van der Waals surface area contributed by atoms with E-state index < -0.39 is 11.9 Å². The topological polar surface area (TPSA) is 105 Å². The summed E-state index contributed by atoms with van der Waals surface area (Å²) in [6.07, 6.45) is 3.80. The van der Waals surface area contributed by atoms with Crippen molar-refractivity contribution >= 4 is 28.9 Å². The molecule has 5 rings (SSSR count). The van der Waals surface area contributed by atoms with Gasteiger partial charge in [0.05, 0.1) is 5.69 Å². The summed E-state index contributed by atoms with van der Waals surface area (Å²) in [4.78, 5) is 50.8. The third-order valence-electron chi connectivity index (χ3n) is 5.15. The van der Waals surface area contributed by atoms with Crippen molar-refractivity contribution in [2.45, 2.75) is 25.4 Å². The summed E-state index contributed by atoms with van der Waals surface area (Å²) in [5.74, 6) is -0.890. The van der Waals surface area contributed by atoms with Crippen LogP contribution in [0.25, 0.3) is 22.4 Å². The summed E-state index contributed by atoms with van der Waals surface area (Å²) in [5, 5.41) is 2.31. The fourth-order valence-corrected chi connectivity index (χ4v) is 3.75. The number of amides is 3. The van der Waals surface area contributed by atoms with Crippen molar-refractivity contribution in [2.24, 2.45) is 0 Å². The Bertz CT molecular complexity index is 1160. The van der Waals surface area contributed by atoms with Crippen molar-refractivity contribution in [1.29, 1.82) is 0 Å². The van der Waals surface area contributed by atoms with Crippen LogP contribution in [-0.2, 0) is 16.1 Å². The van der Waals surface area contributed by atoms with Crippen molar-refractivity contribution in [3.63, 3.8) is 0 Å². The van der Waals surface area contributed by atoms with Gasteiger partial charge in [-0.2, -0.15) is 0 Å². The normalized spacial score (nSPS) is 19.1. The summed E-state index contributed by atoms with van der Waals surface area (Å²) < 4.78 is 0. The first-order valence-corrected chi connectivity index (χ1v) is 8.96. The van der Waals surface area contributed by atoms with E-state index in [9.17, 15) is 14.4 Å². The van der Waals surface area contributed by atoms with Gasteiger partial charge < -0.3 is 4.90 Å². The molecule has 1 fully saturated rings. The number of nitrogens with one attached hydrogen (secondary N) is 1. The second-order valence-electron chi connectivity index (χ2n) is 6.87. The number of fused-ring (bicyclic) bond motifs is 2. The van der Waals surface area contributed by atoms with Gasteiger partial charge in [-0.1, -0.05) is 6.07 Å².